The predicted octanol–water partition coefficient (Wildman–Crippen LogP) is 3.83. The second-order valence-corrected chi connectivity index (χ2v) is 4.35. The van der Waals surface area contributed by atoms with Gasteiger partial charge in [-0.3, -0.25) is 4.79 Å². The lowest BCUT2D eigenvalue weighted by Gasteiger charge is -2.16. The molecule has 3 heteroatoms. The van der Waals surface area contributed by atoms with E-state index in [-0.39, 0.29) is 6.10 Å². The van der Waals surface area contributed by atoms with Gasteiger partial charge in [-0.15, -0.1) is 0 Å². The summed E-state index contributed by atoms with van der Waals surface area (Å²) < 4.78 is 6.56. The molecule has 0 spiro atoms. The van der Waals surface area contributed by atoms with E-state index in [0.717, 1.165) is 23.6 Å². The van der Waals surface area contributed by atoms with E-state index in [0.29, 0.717) is 11.3 Å². The molecular formula is C12H15BrO2. The average Bonchev–Trinajstić information content (AvgIpc) is 2.21. The number of benzene rings is 1. The van der Waals surface area contributed by atoms with E-state index in [1.165, 1.54) is 0 Å². The first-order valence-electron chi connectivity index (χ1n) is 5.09. The van der Waals surface area contributed by atoms with Crippen LogP contribution >= 0.6 is 15.9 Å². The van der Waals surface area contributed by atoms with Gasteiger partial charge in [0.1, 0.15) is 5.75 Å². The van der Waals surface area contributed by atoms with E-state index in [1.54, 1.807) is 6.07 Å². The summed E-state index contributed by atoms with van der Waals surface area (Å²) in [6, 6.07) is 5.46. The maximum absolute atomic E-state index is 10.8. The van der Waals surface area contributed by atoms with Crippen LogP contribution in [0.5, 0.6) is 5.75 Å². The average molecular weight is 271 g/mol. The summed E-state index contributed by atoms with van der Waals surface area (Å²) in [4.78, 5) is 10.8. The Balaban J connectivity index is 2.87. The molecule has 82 valence electrons. The van der Waals surface area contributed by atoms with Crippen molar-refractivity contribution >= 4 is 22.2 Å². The van der Waals surface area contributed by atoms with E-state index >= 15 is 0 Å². The highest BCUT2D eigenvalue weighted by molar-refractivity contribution is 9.10. The Labute approximate surface area is 98.8 Å². The molecule has 0 N–H and O–H groups in total. The molecule has 0 amide bonds. The van der Waals surface area contributed by atoms with Crippen molar-refractivity contribution in [1.29, 1.82) is 0 Å². The standard InChI is InChI=1S/C12H15BrO2/c1-3-5-9(2)15-12-10(8-14)6-4-7-11(12)13/h4,6-9H,3,5H2,1-2H3. The van der Waals surface area contributed by atoms with Crippen molar-refractivity contribution in [3.05, 3.63) is 28.2 Å². The van der Waals surface area contributed by atoms with E-state index < -0.39 is 0 Å². The molecule has 1 unspecified atom stereocenters. The Kier molecular flexibility index (Phi) is 4.82. The monoisotopic (exact) mass is 270 g/mol. The van der Waals surface area contributed by atoms with Crippen LogP contribution < -0.4 is 4.74 Å². The maximum Gasteiger partial charge on any atom is 0.153 e. The molecule has 1 aromatic rings. The summed E-state index contributed by atoms with van der Waals surface area (Å²) in [5, 5.41) is 0. The molecule has 0 saturated carbocycles. The van der Waals surface area contributed by atoms with Gasteiger partial charge in [0.25, 0.3) is 0 Å². The van der Waals surface area contributed by atoms with Gasteiger partial charge in [-0.2, -0.15) is 0 Å². The van der Waals surface area contributed by atoms with Crippen LogP contribution in [0, 0.1) is 0 Å². The van der Waals surface area contributed by atoms with Gasteiger partial charge in [0.15, 0.2) is 6.29 Å². The number of carbonyl (C=O) groups excluding carboxylic acids is 1. The normalized spacial score (nSPS) is 12.2. The van der Waals surface area contributed by atoms with Gasteiger partial charge in [-0.25, -0.2) is 0 Å². The fourth-order valence-electron chi connectivity index (χ4n) is 1.41. The van der Waals surface area contributed by atoms with Crippen LogP contribution in [0.4, 0.5) is 0 Å². The highest BCUT2D eigenvalue weighted by Crippen LogP contribution is 2.29. The van der Waals surface area contributed by atoms with Crippen LogP contribution in [0.2, 0.25) is 0 Å². The zero-order chi connectivity index (χ0) is 11.3. The third-order valence-corrected chi connectivity index (χ3v) is 2.76. The van der Waals surface area contributed by atoms with Crippen LogP contribution in [0.15, 0.2) is 22.7 Å². The van der Waals surface area contributed by atoms with Gasteiger partial charge < -0.3 is 4.74 Å². The molecule has 0 fully saturated rings. The Morgan fingerprint density at radius 3 is 2.87 bits per heavy atom. The summed E-state index contributed by atoms with van der Waals surface area (Å²) >= 11 is 3.38. The molecule has 15 heavy (non-hydrogen) atoms. The van der Waals surface area contributed by atoms with E-state index in [1.807, 2.05) is 19.1 Å². The van der Waals surface area contributed by atoms with Crippen molar-refractivity contribution in [3.8, 4) is 5.75 Å². The summed E-state index contributed by atoms with van der Waals surface area (Å²) in [5.41, 5.74) is 0.590. The second-order valence-electron chi connectivity index (χ2n) is 3.49. The number of carbonyl (C=O) groups is 1. The SMILES string of the molecule is CCCC(C)Oc1c(Br)cccc1C=O. The van der Waals surface area contributed by atoms with Crippen molar-refractivity contribution < 1.29 is 9.53 Å². The third kappa shape index (κ3) is 3.34. The van der Waals surface area contributed by atoms with Crippen molar-refractivity contribution in [2.24, 2.45) is 0 Å². The lowest BCUT2D eigenvalue weighted by Crippen LogP contribution is -2.12. The third-order valence-electron chi connectivity index (χ3n) is 2.14. The Hall–Kier alpha value is -0.830. The molecule has 1 atom stereocenters. The first kappa shape index (κ1) is 12.2. The lowest BCUT2D eigenvalue weighted by atomic mass is 10.2. The van der Waals surface area contributed by atoms with Gasteiger partial charge in [0.05, 0.1) is 16.1 Å². The fourth-order valence-corrected chi connectivity index (χ4v) is 1.88. The Morgan fingerprint density at radius 1 is 1.53 bits per heavy atom. The van der Waals surface area contributed by atoms with Gasteiger partial charge in [0.2, 0.25) is 0 Å². The van der Waals surface area contributed by atoms with E-state index in [9.17, 15) is 4.79 Å². The number of hydrogen-bond acceptors (Lipinski definition) is 2. The number of aldehydes is 1. The highest BCUT2D eigenvalue weighted by atomic mass is 79.9. The first-order valence-corrected chi connectivity index (χ1v) is 5.88. The minimum atomic E-state index is 0.132. The molecule has 0 bridgehead atoms. The first-order chi connectivity index (χ1) is 7.19. The summed E-state index contributed by atoms with van der Waals surface area (Å²) in [5.74, 6) is 0.647. The number of ether oxygens (including phenoxy) is 1. The molecule has 1 rings (SSSR count). The predicted molar refractivity (Wildman–Crippen MR) is 64.5 cm³/mol. The van der Waals surface area contributed by atoms with Crippen molar-refractivity contribution in [2.45, 2.75) is 32.8 Å². The second kappa shape index (κ2) is 5.91. The van der Waals surface area contributed by atoms with Gasteiger partial charge in [-0.1, -0.05) is 19.4 Å². The van der Waals surface area contributed by atoms with Crippen LogP contribution in [-0.2, 0) is 0 Å². The van der Waals surface area contributed by atoms with Crippen molar-refractivity contribution in [1.82, 2.24) is 0 Å². The van der Waals surface area contributed by atoms with Crippen LogP contribution in [0.25, 0.3) is 0 Å². The lowest BCUT2D eigenvalue weighted by molar-refractivity contribution is 0.111. The highest BCUT2D eigenvalue weighted by Gasteiger charge is 2.10. The van der Waals surface area contributed by atoms with Gasteiger partial charge in [0, 0.05) is 0 Å². The van der Waals surface area contributed by atoms with Crippen LogP contribution in [0.1, 0.15) is 37.0 Å². The number of para-hydroxylation sites is 1. The molecular weight excluding hydrogens is 256 g/mol. The zero-order valence-electron chi connectivity index (χ0n) is 9.00. The summed E-state index contributed by atoms with van der Waals surface area (Å²) in [6.45, 7) is 4.12. The Morgan fingerprint density at radius 2 is 2.27 bits per heavy atom. The van der Waals surface area contributed by atoms with Crippen LogP contribution in [-0.4, -0.2) is 12.4 Å². The molecule has 0 heterocycles. The molecule has 0 aliphatic carbocycles. The quantitative estimate of drug-likeness (QED) is 0.761. The molecule has 0 aliphatic heterocycles. The summed E-state index contributed by atoms with van der Waals surface area (Å²) in [6.07, 6.45) is 3.01. The fraction of sp³-hybridized carbons (Fsp3) is 0.417. The smallest absolute Gasteiger partial charge is 0.153 e. The maximum atomic E-state index is 10.8. The topological polar surface area (TPSA) is 26.3 Å². The molecule has 0 aliphatic rings. The van der Waals surface area contributed by atoms with E-state index in [4.69, 9.17) is 4.74 Å². The van der Waals surface area contributed by atoms with Crippen molar-refractivity contribution in [2.75, 3.05) is 0 Å². The number of halogens is 1. The molecule has 0 radical (unpaired) electrons. The van der Waals surface area contributed by atoms with Crippen molar-refractivity contribution in [3.63, 3.8) is 0 Å². The minimum Gasteiger partial charge on any atom is -0.489 e. The van der Waals surface area contributed by atoms with E-state index in [2.05, 4.69) is 22.9 Å². The Bertz CT molecular complexity index is 336. The number of hydrogen-bond donors (Lipinski definition) is 0. The number of rotatable bonds is 5. The van der Waals surface area contributed by atoms with Gasteiger partial charge >= 0.3 is 0 Å². The minimum absolute atomic E-state index is 0.132. The molecule has 0 aromatic heterocycles. The largest absolute Gasteiger partial charge is 0.489 e. The summed E-state index contributed by atoms with van der Waals surface area (Å²) in [7, 11) is 0. The zero-order valence-corrected chi connectivity index (χ0v) is 10.6. The van der Waals surface area contributed by atoms with Crippen LogP contribution in [0.3, 0.4) is 0 Å². The molecule has 1 aromatic carbocycles. The van der Waals surface area contributed by atoms with Gasteiger partial charge in [-0.05, 0) is 41.4 Å². The molecule has 2 nitrogen and oxygen atoms in total. The molecule has 0 saturated heterocycles.